The van der Waals surface area contributed by atoms with Crippen LogP contribution >= 0.6 is 0 Å². The Labute approximate surface area is 79.6 Å². The zero-order valence-corrected chi connectivity index (χ0v) is 7.90. The van der Waals surface area contributed by atoms with Gasteiger partial charge >= 0.3 is 0 Å². The van der Waals surface area contributed by atoms with E-state index < -0.39 is 0 Å². The molecule has 0 heteroatoms. The van der Waals surface area contributed by atoms with E-state index in [2.05, 4.69) is 55.5 Å². The van der Waals surface area contributed by atoms with Gasteiger partial charge in [-0.15, -0.1) is 0 Å². The Kier molecular flexibility index (Phi) is 2.31. The number of rotatable bonds is 2. The molecule has 1 atom stereocenters. The molecule has 0 bridgehead atoms. The number of hydrogen-bond acceptors (Lipinski definition) is 0. The van der Waals surface area contributed by atoms with Crippen molar-refractivity contribution >= 4 is 0 Å². The van der Waals surface area contributed by atoms with Crippen molar-refractivity contribution in [3.8, 4) is 0 Å². The second-order valence-electron chi connectivity index (χ2n) is 3.37. The van der Waals surface area contributed by atoms with E-state index in [9.17, 15) is 0 Å². The Bertz CT molecular complexity index is 330. The van der Waals surface area contributed by atoms with Gasteiger partial charge in [0.25, 0.3) is 0 Å². The number of allylic oxidation sites excluding steroid dienone is 4. The van der Waals surface area contributed by atoms with Crippen molar-refractivity contribution in [3.05, 3.63) is 59.7 Å². The lowest BCUT2D eigenvalue weighted by Crippen LogP contribution is -1.95. The normalized spacial score (nSPS) is 20.4. The fourth-order valence-electron chi connectivity index (χ4n) is 1.84. The van der Waals surface area contributed by atoms with Crippen LogP contribution in [0.2, 0.25) is 0 Å². The highest BCUT2D eigenvalue weighted by Crippen LogP contribution is 2.31. The second-order valence-corrected chi connectivity index (χ2v) is 3.37. The summed E-state index contributed by atoms with van der Waals surface area (Å²) >= 11 is 0. The first kappa shape index (κ1) is 8.31. The molecular weight excluding hydrogens is 156 g/mol. The maximum Gasteiger partial charge on any atom is 0.0234 e. The van der Waals surface area contributed by atoms with Crippen LogP contribution in [0, 0.1) is 0 Å². The van der Waals surface area contributed by atoms with Crippen molar-refractivity contribution < 1.29 is 0 Å². The fraction of sp³-hybridized carbons (Fsp3) is 0.231. The molecule has 1 aromatic rings. The van der Waals surface area contributed by atoms with E-state index >= 15 is 0 Å². The van der Waals surface area contributed by atoms with Gasteiger partial charge in [0.05, 0.1) is 0 Å². The SMILES string of the molecule is CCC1=CC=CC1c1ccccc1. The molecule has 0 heterocycles. The van der Waals surface area contributed by atoms with E-state index in [4.69, 9.17) is 0 Å². The average Bonchev–Trinajstić information content (AvgIpc) is 2.67. The van der Waals surface area contributed by atoms with Gasteiger partial charge in [-0.2, -0.15) is 0 Å². The predicted octanol–water partition coefficient (Wildman–Crippen LogP) is 3.68. The van der Waals surface area contributed by atoms with Crippen LogP contribution in [0.25, 0.3) is 0 Å². The van der Waals surface area contributed by atoms with E-state index in [-0.39, 0.29) is 0 Å². The Morgan fingerprint density at radius 2 is 1.92 bits per heavy atom. The van der Waals surface area contributed by atoms with Crippen LogP contribution in [0.4, 0.5) is 0 Å². The van der Waals surface area contributed by atoms with Crippen molar-refractivity contribution in [2.75, 3.05) is 0 Å². The summed E-state index contributed by atoms with van der Waals surface area (Å²) in [6.45, 7) is 2.22. The minimum atomic E-state index is 0.534. The highest BCUT2D eigenvalue weighted by atomic mass is 14.2. The van der Waals surface area contributed by atoms with Gasteiger partial charge in [0.15, 0.2) is 0 Å². The smallest absolute Gasteiger partial charge is 0.0234 e. The third kappa shape index (κ3) is 1.57. The van der Waals surface area contributed by atoms with E-state index in [0.29, 0.717) is 5.92 Å². The van der Waals surface area contributed by atoms with Crippen LogP contribution in [0.15, 0.2) is 54.1 Å². The summed E-state index contributed by atoms with van der Waals surface area (Å²) in [6, 6.07) is 10.7. The van der Waals surface area contributed by atoms with Gasteiger partial charge in [-0.1, -0.05) is 61.1 Å². The van der Waals surface area contributed by atoms with Gasteiger partial charge in [0.1, 0.15) is 0 Å². The lowest BCUT2D eigenvalue weighted by Gasteiger charge is -2.12. The van der Waals surface area contributed by atoms with Crippen molar-refractivity contribution in [1.29, 1.82) is 0 Å². The molecule has 2 rings (SSSR count). The Morgan fingerprint density at radius 1 is 1.15 bits per heavy atom. The molecule has 0 nitrogen and oxygen atoms in total. The molecule has 0 aromatic heterocycles. The minimum absolute atomic E-state index is 0.534. The molecule has 0 spiro atoms. The Hall–Kier alpha value is -1.30. The summed E-state index contributed by atoms with van der Waals surface area (Å²) in [7, 11) is 0. The van der Waals surface area contributed by atoms with E-state index in [1.165, 1.54) is 11.1 Å². The van der Waals surface area contributed by atoms with Crippen LogP contribution in [0.1, 0.15) is 24.8 Å². The second kappa shape index (κ2) is 3.61. The van der Waals surface area contributed by atoms with Crippen molar-refractivity contribution in [2.45, 2.75) is 19.3 Å². The van der Waals surface area contributed by atoms with Gasteiger partial charge in [-0.25, -0.2) is 0 Å². The molecule has 0 N–H and O–H groups in total. The van der Waals surface area contributed by atoms with Crippen LogP contribution in [-0.4, -0.2) is 0 Å². The van der Waals surface area contributed by atoms with E-state index in [1.54, 1.807) is 0 Å². The van der Waals surface area contributed by atoms with Gasteiger partial charge in [0.2, 0.25) is 0 Å². The first-order valence-electron chi connectivity index (χ1n) is 4.84. The lowest BCUT2D eigenvalue weighted by molar-refractivity contribution is 0.927. The lowest BCUT2D eigenvalue weighted by atomic mass is 9.93. The summed E-state index contributed by atoms with van der Waals surface area (Å²) in [5.74, 6) is 0.534. The Balaban J connectivity index is 2.28. The highest BCUT2D eigenvalue weighted by Gasteiger charge is 2.14. The fourth-order valence-corrected chi connectivity index (χ4v) is 1.84. The zero-order chi connectivity index (χ0) is 9.10. The van der Waals surface area contributed by atoms with Gasteiger partial charge in [-0.05, 0) is 12.0 Å². The summed E-state index contributed by atoms with van der Waals surface area (Å²) < 4.78 is 0. The van der Waals surface area contributed by atoms with Gasteiger partial charge in [-0.3, -0.25) is 0 Å². The topological polar surface area (TPSA) is 0 Å². The molecule has 1 aliphatic rings. The van der Waals surface area contributed by atoms with E-state index in [0.717, 1.165) is 6.42 Å². The molecule has 1 unspecified atom stereocenters. The molecule has 0 saturated carbocycles. The molecule has 0 amide bonds. The molecule has 0 fully saturated rings. The maximum absolute atomic E-state index is 2.27. The van der Waals surface area contributed by atoms with Gasteiger partial charge < -0.3 is 0 Å². The molecule has 66 valence electrons. The largest absolute Gasteiger partial charge is 0.0730 e. The zero-order valence-electron chi connectivity index (χ0n) is 7.90. The van der Waals surface area contributed by atoms with Crippen molar-refractivity contribution in [3.63, 3.8) is 0 Å². The molecule has 0 radical (unpaired) electrons. The quantitative estimate of drug-likeness (QED) is 0.635. The van der Waals surface area contributed by atoms with Crippen LogP contribution in [0.5, 0.6) is 0 Å². The standard InChI is InChI=1S/C13H14/c1-2-11-9-6-10-13(11)12-7-4-3-5-8-12/h3-10,13H,2H2,1H3. The average molecular weight is 170 g/mol. The molecule has 0 saturated heterocycles. The number of hydrogen-bond donors (Lipinski definition) is 0. The van der Waals surface area contributed by atoms with Crippen LogP contribution in [-0.2, 0) is 0 Å². The van der Waals surface area contributed by atoms with Crippen LogP contribution in [0.3, 0.4) is 0 Å². The van der Waals surface area contributed by atoms with Crippen molar-refractivity contribution in [1.82, 2.24) is 0 Å². The highest BCUT2D eigenvalue weighted by molar-refractivity contribution is 5.40. The number of benzene rings is 1. The third-order valence-corrected chi connectivity index (χ3v) is 2.58. The summed E-state index contributed by atoms with van der Waals surface area (Å²) in [5.41, 5.74) is 2.93. The predicted molar refractivity (Wildman–Crippen MR) is 56.7 cm³/mol. The minimum Gasteiger partial charge on any atom is -0.0730 e. The maximum atomic E-state index is 2.27. The Morgan fingerprint density at radius 3 is 2.62 bits per heavy atom. The summed E-state index contributed by atoms with van der Waals surface area (Å²) in [5, 5.41) is 0. The summed E-state index contributed by atoms with van der Waals surface area (Å²) in [4.78, 5) is 0. The first-order chi connectivity index (χ1) is 6.42. The van der Waals surface area contributed by atoms with Gasteiger partial charge in [0, 0.05) is 5.92 Å². The van der Waals surface area contributed by atoms with Crippen LogP contribution < -0.4 is 0 Å². The molecule has 1 aliphatic carbocycles. The summed E-state index contributed by atoms with van der Waals surface area (Å²) in [6.07, 6.45) is 7.81. The molecular formula is C13H14. The molecule has 1 aromatic carbocycles. The molecule has 0 aliphatic heterocycles. The first-order valence-corrected chi connectivity index (χ1v) is 4.84. The third-order valence-electron chi connectivity index (χ3n) is 2.58. The molecule has 13 heavy (non-hydrogen) atoms. The monoisotopic (exact) mass is 170 g/mol. The van der Waals surface area contributed by atoms with Crippen molar-refractivity contribution in [2.24, 2.45) is 0 Å². The van der Waals surface area contributed by atoms with E-state index in [1.807, 2.05) is 0 Å².